The molecule has 0 aromatic rings. The molecule has 2 heterocycles. The maximum atomic E-state index is 12.2. The van der Waals surface area contributed by atoms with E-state index < -0.39 is 12.1 Å². The zero-order valence-corrected chi connectivity index (χ0v) is 18.5. The van der Waals surface area contributed by atoms with Gasteiger partial charge in [-0.05, 0) is 40.0 Å². The van der Waals surface area contributed by atoms with Gasteiger partial charge < -0.3 is 29.0 Å². The van der Waals surface area contributed by atoms with Crippen molar-refractivity contribution < 1.29 is 28.5 Å². The van der Waals surface area contributed by atoms with Crippen molar-refractivity contribution in [3.63, 3.8) is 0 Å². The molecular weight excluding hydrogens is 362 g/mol. The van der Waals surface area contributed by atoms with E-state index >= 15 is 0 Å². The molecule has 2 aliphatic rings. The van der Waals surface area contributed by atoms with Gasteiger partial charge in [0.15, 0.2) is 12.1 Å². The molecule has 0 aromatic carbocycles. The monoisotopic (exact) mass is 401 g/mol. The first-order chi connectivity index (χ1) is 13.2. The molecule has 0 aliphatic carbocycles. The van der Waals surface area contributed by atoms with Crippen molar-refractivity contribution in [1.29, 1.82) is 0 Å². The fourth-order valence-corrected chi connectivity index (χ4v) is 4.05. The highest BCUT2D eigenvalue weighted by atomic mass is 16.8. The third kappa shape index (κ3) is 6.39. The topological polar surface area (TPSA) is 75.3 Å². The Morgan fingerprint density at radius 1 is 1.18 bits per heavy atom. The molecule has 2 rings (SSSR count). The van der Waals surface area contributed by atoms with Crippen molar-refractivity contribution in [2.75, 3.05) is 13.7 Å². The minimum absolute atomic E-state index is 0.218. The summed E-state index contributed by atoms with van der Waals surface area (Å²) in [6.07, 6.45) is 2.11. The van der Waals surface area contributed by atoms with Gasteiger partial charge in [-0.2, -0.15) is 0 Å². The molecule has 28 heavy (non-hydrogen) atoms. The Bertz CT molecular complexity index is 497. The molecule has 7 heteroatoms. The van der Waals surface area contributed by atoms with E-state index in [4.69, 9.17) is 23.7 Å². The van der Waals surface area contributed by atoms with Crippen LogP contribution in [0.1, 0.15) is 67.2 Å². The Labute approximate surface area is 169 Å². The molecule has 2 fully saturated rings. The molecule has 7 nitrogen and oxygen atoms in total. The number of hydrogen-bond acceptors (Lipinski definition) is 7. The van der Waals surface area contributed by atoms with Crippen LogP contribution in [0.5, 0.6) is 0 Å². The summed E-state index contributed by atoms with van der Waals surface area (Å²) in [4.78, 5) is 12.2. The van der Waals surface area contributed by atoms with Crippen LogP contribution >= 0.6 is 0 Å². The second-order valence-corrected chi connectivity index (χ2v) is 8.78. The SMILES string of the molecule is CCOC(=O)C[C@@H](NC(C)CCCC(C)C)[C@H]1O[C@@H]2OC(C)(C)O[C@@H]2[C@H]1OC. The number of esters is 1. The van der Waals surface area contributed by atoms with E-state index in [-0.39, 0.29) is 42.8 Å². The van der Waals surface area contributed by atoms with Crippen LogP contribution in [0.25, 0.3) is 0 Å². The second-order valence-electron chi connectivity index (χ2n) is 8.78. The van der Waals surface area contributed by atoms with Gasteiger partial charge in [0.2, 0.25) is 0 Å². The van der Waals surface area contributed by atoms with Crippen molar-refractivity contribution in [1.82, 2.24) is 5.32 Å². The first kappa shape index (κ1) is 23.5. The van der Waals surface area contributed by atoms with Gasteiger partial charge in [0.05, 0.1) is 13.0 Å². The number of methoxy groups -OCH3 is 1. The normalized spacial score (nSPS) is 31.0. The fraction of sp³-hybridized carbons (Fsp3) is 0.952. The number of fused-ring (bicyclic) bond motifs is 1. The number of hydrogen-bond donors (Lipinski definition) is 1. The average Bonchev–Trinajstić information content (AvgIpc) is 3.05. The van der Waals surface area contributed by atoms with E-state index in [9.17, 15) is 4.79 Å². The lowest BCUT2D eigenvalue weighted by Crippen LogP contribution is -2.51. The fourth-order valence-electron chi connectivity index (χ4n) is 4.05. The van der Waals surface area contributed by atoms with Crippen LogP contribution in [-0.2, 0) is 28.5 Å². The summed E-state index contributed by atoms with van der Waals surface area (Å²) in [6.45, 7) is 12.5. The van der Waals surface area contributed by atoms with E-state index in [2.05, 4.69) is 26.1 Å². The van der Waals surface area contributed by atoms with Gasteiger partial charge in [0, 0.05) is 19.2 Å². The maximum Gasteiger partial charge on any atom is 0.307 e. The van der Waals surface area contributed by atoms with Crippen molar-refractivity contribution >= 4 is 5.97 Å². The Kier molecular flexibility index (Phi) is 8.70. The molecule has 0 aromatic heterocycles. The molecule has 2 aliphatic heterocycles. The first-order valence-corrected chi connectivity index (χ1v) is 10.6. The molecule has 2 saturated heterocycles. The minimum atomic E-state index is -0.703. The van der Waals surface area contributed by atoms with Gasteiger partial charge in [-0.3, -0.25) is 4.79 Å². The number of carbonyl (C=O) groups is 1. The average molecular weight is 402 g/mol. The zero-order valence-electron chi connectivity index (χ0n) is 18.5. The summed E-state index contributed by atoms with van der Waals surface area (Å²) in [5.74, 6) is -0.256. The van der Waals surface area contributed by atoms with Gasteiger partial charge in [0.25, 0.3) is 0 Å². The van der Waals surface area contributed by atoms with Crippen LogP contribution < -0.4 is 5.32 Å². The van der Waals surface area contributed by atoms with E-state index in [0.717, 1.165) is 12.8 Å². The Hall–Kier alpha value is -0.730. The molecule has 164 valence electrons. The lowest BCUT2D eigenvalue weighted by atomic mass is 9.98. The van der Waals surface area contributed by atoms with Crippen molar-refractivity contribution in [2.24, 2.45) is 5.92 Å². The molecule has 1 unspecified atom stereocenters. The van der Waals surface area contributed by atoms with Crippen LogP contribution in [0.4, 0.5) is 0 Å². The summed E-state index contributed by atoms with van der Waals surface area (Å²) < 4.78 is 28.9. The number of rotatable bonds is 11. The predicted molar refractivity (Wildman–Crippen MR) is 106 cm³/mol. The van der Waals surface area contributed by atoms with Crippen LogP contribution in [0.3, 0.4) is 0 Å². The summed E-state index contributed by atoms with van der Waals surface area (Å²) in [5, 5.41) is 3.58. The summed E-state index contributed by atoms with van der Waals surface area (Å²) in [7, 11) is 1.64. The summed E-state index contributed by atoms with van der Waals surface area (Å²) in [6, 6.07) is 0.0111. The Morgan fingerprint density at radius 2 is 1.89 bits per heavy atom. The lowest BCUT2D eigenvalue weighted by Gasteiger charge is -2.32. The largest absolute Gasteiger partial charge is 0.466 e. The molecule has 0 radical (unpaired) electrons. The van der Waals surface area contributed by atoms with Crippen LogP contribution in [-0.4, -0.2) is 62.2 Å². The number of carbonyl (C=O) groups excluding carboxylic acids is 1. The molecule has 0 spiro atoms. The third-order valence-electron chi connectivity index (χ3n) is 5.30. The van der Waals surface area contributed by atoms with E-state index in [0.29, 0.717) is 12.5 Å². The van der Waals surface area contributed by atoms with Gasteiger partial charge in [-0.15, -0.1) is 0 Å². The molecule has 0 bridgehead atoms. The highest BCUT2D eigenvalue weighted by molar-refractivity contribution is 5.70. The van der Waals surface area contributed by atoms with E-state index in [1.54, 1.807) is 7.11 Å². The van der Waals surface area contributed by atoms with E-state index in [1.807, 2.05) is 20.8 Å². The standard InChI is InChI=1S/C21H39NO6/c1-8-25-16(23)12-15(22-14(4)11-9-10-13(2)3)17-18(24-7)19-20(26-17)28-21(5,6)27-19/h13-15,17-20,22H,8-12H2,1-7H3/t14?,15-,17-,18+,19-,20-/m1/s1. The number of ether oxygens (including phenoxy) is 5. The van der Waals surface area contributed by atoms with Gasteiger partial charge >= 0.3 is 5.97 Å². The number of nitrogens with one attached hydrogen (secondary N) is 1. The van der Waals surface area contributed by atoms with Crippen LogP contribution in [0.15, 0.2) is 0 Å². The highest BCUT2D eigenvalue weighted by Gasteiger charge is 2.57. The zero-order chi connectivity index (χ0) is 20.9. The summed E-state index contributed by atoms with van der Waals surface area (Å²) in [5.41, 5.74) is 0. The maximum absolute atomic E-state index is 12.2. The smallest absolute Gasteiger partial charge is 0.307 e. The van der Waals surface area contributed by atoms with Crippen molar-refractivity contribution in [2.45, 2.75) is 110 Å². The van der Waals surface area contributed by atoms with Gasteiger partial charge in [0.1, 0.15) is 18.3 Å². The minimum Gasteiger partial charge on any atom is -0.466 e. The first-order valence-electron chi connectivity index (χ1n) is 10.6. The summed E-state index contributed by atoms with van der Waals surface area (Å²) >= 11 is 0. The Morgan fingerprint density at radius 3 is 2.50 bits per heavy atom. The quantitative estimate of drug-likeness (QED) is 0.533. The highest BCUT2D eigenvalue weighted by Crippen LogP contribution is 2.40. The van der Waals surface area contributed by atoms with Crippen LogP contribution in [0.2, 0.25) is 0 Å². The molecule has 0 amide bonds. The van der Waals surface area contributed by atoms with Crippen LogP contribution in [0, 0.1) is 5.92 Å². The van der Waals surface area contributed by atoms with Gasteiger partial charge in [-0.1, -0.05) is 26.7 Å². The predicted octanol–water partition coefficient (Wildman–Crippen LogP) is 3.00. The van der Waals surface area contributed by atoms with Gasteiger partial charge in [-0.25, -0.2) is 0 Å². The van der Waals surface area contributed by atoms with Crippen molar-refractivity contribution in [3.05, 3.63) is 0 Å². The molecular formula is C21H39NO6. The third-order valence-corrected chi connectivity index (χ3v) is 5.30. The molecule has 1 N–H and O–H groups in total. The second kappa shape index (κ2) is 10.3. The molecule has 0 saturated carbocycles. The lowest BCUT2D eigenvalue weighted by molar-refractivity contribution is -0.220. The van der Waals surface area contributed by atoms with E-state index in [1.165, 1.54) is 6.42 Å². The molecule has 6 atom stereocenters. The van der Waals surface area contributed by atoms with Crippen molar-refractivity contribution in [3.8, 4) is 0 Å². The Balaban J connectivity index is 2.05.